The maximum atomic E-state index is 12.4. The Hall–Kier alpha value is -0.330. The van der Waals surface area contributed by atoms with E-state index in [9.17, 15) is 4.79 Å². The first-order chi connectivity index (χ1) is 11.7. The van der Waals surface area contributed by atoms with Crippen molar-refractivity contribution in [2.75, 3.05) is 32.7 Å². The average Bonchev–Trinajstić information content (AvgIpc) is 3.30. The van der Waals surface area contributed by atoms with Gasteiger partial charge in [0.05, 0.1) is 6.04 Å². The van der Waals surface area contributed by atoms with E-state index in [1.807, 2.05) is 0 Å². The van der Waals surface area contributed by atoms with Crippen molar-refractivity contribution in [1.82, 2.24) is 15.5 Å². The van der Waals surface area contributed by atoms with Crippen molar-refractivity contribution < 1.29 is 4.79 Å². The molecule has 1 aromatic heterocycles. The lowest BCUT2D eigenvalue weighted by Crippen LogP contribution is -2.38. The lowest BCUT2D eigenvalue weighted by molar-refractivity contribution is -0.122. The number of nitrogens with zero attached hydrogens (tertiary/aromatic N) is 1. The Kier molecular flexibility index (Phi) is 11.1. The molecule has 2 saturated heterocycles. The van der Waals surface area contributed by atoms with Gasteiger partial charge in [-0.05, 0) is 75.1 Å². The SMILES string of the molecule is CC(CC(=O)NCC(c1cccs1)N1CCCC1)C1CCNCC1.Cl.Cl. The van der Waals surface area contributed by atoms with Crippen molar-refractivity contribution in [1.29, 1.82) is 0 Å². The van der Waals surface area contributed by atoms with Crippen LogP contribution in [0, 0.1) is 11.8 Å². The third-order valence-corrected chi connectivity index (χ3v) is 6.62. The van der Waals surface area contributed by atoms with E-state index in [4.69, 9.17) is 0 Å². The van der Waals surface area contributed by atoms with Crippen molar-refractivity contribution in [2.24, 2.45) is 11.8 Å². The van der Waals surface area contributed by atoms with Crippen LogP contribution in [-0.2, 0) is 4.79 Å². The first-order valence-corrected chi connectivity index (χ1v) is 10.4. The lowest BCUT2D eigenvalue weighted by atomic mass is 9.84. The summed E-state index contributed by atoms with van der Waals surface area (Å²) in [6.07, 6.45) is 5.65. The van der Waals surface area contributed by atoms with Crippen LogP contribution < -0.4 is 10.6 Å². The van der Waals surface area contributed by atoms with Crippen LogP contribution in [0.5, 0.6) is 0 Å². The highest BCUT2D eigenvalue weighted by atomic mass is 35.5. The smallest absolute Gasteiger partial charge is 0.220 e. The Balaban J connectivity index is 0.00000169. The first-order valence-electron chi connectivity index (χ1n) is 9.49. The molecular weight excluding hydrogens is 389 g/mol. The average molecular weight is 422 g/mol. The number of piperidine rings is 1. The van der Waals surface area contributed by atoms with Gasteiger partial charge in [0.25, 0.3) is 0 Å². The minimum Gasteiger partial charge on any atom is -0.354 e. The molecule has 3 rings (SSSR count). The predicted molar refractivity (Wildman–Crippen MR) is 115 cm³/mol. The van der Waals surface area contributed by atoms with Crippen LogP contribution >= 0.6 is 36.2 Å². The molecule has 2 aliphatic heterocycles. The molecular formula is C19H33Cl2N3OS. The Morgan fingerprint density at radius 3 is 2.62 bits per heavy atom. The zero-order valence-electron chi connectivity index (χ0n) is 15.6. The molecule has 3 heterocycles. The summed E-state index contributed by atoms with van der Waals surface area (Å²) >= 11 is 1.81. The molecule has 4 nitrogen and oxygen atoms in total. The number of nitrogens with one attached hydrogen (secondary N) is 2. The molecule has 2 N–H and O–H groups in total. The van der Waals surface area contributed by atoms with Gasteiger partial charge in [0, 0.05) is 17.8 Å². The predicted octanol–water partition coefficient (Wildman–Crippen LogP) is 3.87. The van der Waals surface area contributed by atoms with E-state index in [0.717, 1.165) is 32.7 Å². The zero-order valence-corrected chi connectivity index (χ0v) is 18.1. The molecule has 1 aromatic rings. The van der Waals surface area contributed by atoms with Crippen molar-refractivity contribution in [3.05, 3.63) is 22.4 Å². The zero-order chi connectivity index (χ0) is 16.8. The highest BCUT2D eigenvalue weighted by Gasteiger charge is 2.26. The molecule has 2 fully saturated rings. The highest BCUT2D eigenvalue weighted by Crippen LogP contribution is 2.28. The summed E-state index contributed by atoms with van der Waals surface area (Å²) in [4.78, 5) is 16.4. The monoisotopic (exact) mass is 421 g/mol. The van der Waals surface area contributed by atoms with E-state index in [0.29, 0.717) is 24.3 Å². The summed E-state index contributed by atoms with van der Waals surface area (Å²) in [5.41, 5.74) is 0. The van der Waals surface area contributed by atoms with Crippen LogP contribution in [0.4, 0.5) is 0 Å². The standard InChI is InChI=1S/C19H31N3OS.2ClH/c1-15(16-6-8-20-9-7-16)13-19(23)21-14-17(18-5-4-12-24-18)22-10-2-3-11-22;;/h4-5,12,15-17,20H,2-3,6-11,13-14H2,1H3,(H,21,23);2*1H. The number of hydrogen-bond acceptors (Lipinski definition) is 4. The Labute approximate surface area is 174 Å². The molecule has 26 heavy (non-hydrogen) atoms. The molecule has 0 spiro atoms. The van der Waals surface area contributed by atoms with Crippen molar-refractivity contribution in [2.45, 2.75) is 45.1 Å². The van der Waals surface area contributed by atoms with E-state index in [1.54, 1.807) is 11.3 Å². The van der Waals surface area contributed by atoms with Crippen LogP contribution in [0.15, 0.2) is 17.5 Å². The van der Waals surface area contributed by atoms with Crippen molar-refractivity contribution in [3.8, 4) is 0 Å². The fourth-order valence-corrected chi connectivity index (χ4v) is 4.96. The molecule has 0 radical (unpaired) electrons. The fraction of sp³-hybridized carbons (Fsp3) is 0.737. The topological polar surface area (TPSA) is 44.4 Å². The van der Waals surface area contributed by atoms with Crippen molar-refractivity contribution >= 4 is 42.1 Å². The molecule has 0 aliphatic carbocycles. The van der Waals surface area contributed by atoms with Gasteiger partial charge in [-0.25, -0.2) is 0 Å². The van der Waals surface area contributed by atoms with E-state index >= 15 is 0 Å². The van der Waals surface area contributed by atoms with Gasteiger partial charge in [-0.2, -0.15) is 0 Å². The number of thiophene rings is 1. The summed E-state index contributed by atoms with van der Waals surface area (Å²) in [5.74, 6) is 1.41. The maximum absolute atomic E-state index is 12.4. The number of amides is 1. The van der Waals surface area contributed by atoms with Gasteiger partial charge in [0.15, 0.2) is 0 Å². The number of carbonyl (C=O) groups excluding carboxylic acids is 1. The molecule has 2 atom stereocenters. The minimum absolute atomic E-state index is 0. The second kappa shape index (κ2) is 12.2. The number of halogens is 2. The number of hydrogen-bond donors (Lipinski definition) is 2. The van der Waals surface area contributed by atoms with Gasteiger partial charge in [-0.15, -0.1) is 36.2 Å². The first kappa shape index (κ1) is 23.7. The normalized spacial score (nSPS) is 20.7. The Bertz CT molecular complexity index is 503. The van der Waals surface area contributed by atoms with Gasteiger partial charge in [-0.1, -0.05) is 13.0 Å². The van der Waals surface area contributed by atoms with Gasteiger partial charge >= 0.3 is 0 Å². The summed E-state index contributed by atoms with van der Waals surface area (Å²) in [7, 11) is 0. The highest BCUT2D eigenvalue weighted by molar-refractivity contribution is 7.10. The third kappa shape index (κ3) is 6.68. The number of rotatable bonds is 7. The van der Waals surface area contributed by atoms with Crippen LogP contribution in [0.25, 0.3) is 0 Å². The minimum atomic E-state index is 0. The summed E-state index contributed by atoms with van der Waals surface area (Å²) in [6, 6.07) is 4.67. The second-order valence-corrected chi connectivity index (χ2v) is 8.33. The molecule has 0 aromatic carbocycles. The lowest BCUT2D eigenvalue weighted by Gasteiger charge is -2.29. The Morgan fingerprint density at radius 2 is 2.00 bits per heavy atom. The molecule has 2 aliphatic rings. The van der Waals surface area contributed by atoms with Crippen LogP contribution in [0.1, 0.15) is 49.9 Å². The molecule has 0 saturated carbocycles. The van der Waals surface area contributed by atoms with E-state index in [-0.39, 0.29) is 30.7 Å². The summed E-state index contributed by atoms with van der Waals surface area (Å²) < 4.78 is 0. The summed E-state index contributed by atoms with van der Waals surface area (Å²) in [5, 5.41) is 8.77. The van der Waals surface area contributed by atoms with E-state index in [1.165, 1.54) is 30.6 Å². The molecule has 1 amide bonds. The molecule has 7 heteroatoms. The van der Waals surface area contributed by atoms with Gasteiger partial charge < -0.3 is 10.6 Å². The van der Waals surface area contributed by atoms with Crippen LogP contribution in [0.3, 0.4) is 0 Å². The maximum Gasteiger partial charge on any atom is 0.220 e. The molecule has 150 valence electrons. The fourth-order valence-electron chi connectivity index (χ4n) is 4.10. The van der Waals surface area contributed by atoms with E-state index < -0.39 is 0 Å². The number of carbonyl (C=O) groups is 1. The number of likely N-dealkylation sites (tertiary alicyclic amines) is 1. The largest absolute Gasteiger partial charge is 0.354 e. The third-order valence-electron chi connectivity index (χ3n) is 5.64. The van der Waals surface area contributed by atoms with Crippen molar-refractivity contribution in [3.63, 3.8) is 0 Å². The van der Waals surface area contributed by atoms with Gasteiger partial charge in [0.1, 0.15) is 0 Å². The Morgan fingerprint density at radius 1 is 1.31 bits per heavy atom. The van der Waals surface area contributed by atoms with Crippen LogP contribution in [0.2, 0.25) is 0 Å². The summed E-state index contributed by atoms with van der Waals surface area (Å²) in [6.45, 7) is 7.51. The second-order valence-electron chi connectivity index (χ2n) is 7.35. The van der Waals surface area contributed by atoms with E-state index in [2.05, 4.69) is 40.0 Å². The molecule has 0 bridgehead atoms. The quantitative estimate of drug-likeness (QED) is 0.701. The molecule has 2 unspecified atom stereocenters. The van der Waals surface area contributed by atoms with Gasteiger partial charge in [0.2, 0.25) is 5.91 Å². The van der Waals surface area contributed by atoms with Gasteiger partial charge in [-0.3, -0.25) is 9.69 Å². The van der Waals surface area contributed by atoms with Crippen LogP contribution in [-0.4, -0.2) is 43.5 Å².